The summed E-state index contributed by atoms with van der Waals surface area (Å²) < 4.78 is 0. The van der Waals surface area contributed by atoms with Crippen molar-refractivity contribution in [2.45, 2.75) is 38.5 Å². The van der Waals surface area contributed by atoms with Gasteiger partial charge in [0.2, 0.25) is 0 Å². The van der Waals surface area contributed by atoms with Gasteiger partial charge in [-0.3, -0.25) is 4.79 Å². The molecule has 0 aliphatic carbocycles. The van der Waals surface area contributed by atoms with Gasteiger partial charge in [0.1, 0.15) is 5.82 Å². The molecule has 2 atom stereocenters. The molecule has 3 rings (SSSR count). The molecular weight excluding hydrogens is 443 g/mol. The molecule has 0 saturated heterocycles. The summed E-state index contributed by atoms with van der Waals surface area (Å²) in [6.45, 7) is 8.16. The molecule has 7 heteroatoms. The number of nitrogens with one attached hydrogen (secondary N) is 2. The summed E-state index contributed by atoms with van der Waals surface area (Å²) >= 11 is 0. The topological polar surface area (TPSA) is 100 Å². The van der Waals surface area contributed by atoms with Gasteiger partial charge in [-0.25, -0.2) is 4.98 Å². The third kappa shape index (κ3) is 8.77. The molecule has 0 fully saturated rings. The number of hydrogen-bond donors (Lipinski definition) is 4. The van der Waals surface area contributed by atoms with E-state index in [1.165, 1.54) is 5.30 Å². The molecule has 0 bridgehead atoms. The number of anilines is 2. The third-order valence-electron chi connectivity index (χ3n) is 5.65. The Kier molecular flexibility index (Phi) is 11.0. The van der Waals surface area contributed by atoms with Gasteiger partial charge in [-0.2, -0.15) is 0 Å². The highest BCUT2D eigenvalue weighted by Gasteiger charge is 2.29. The lowest BCUT2D eigenvalue weighted by Gasteiger charge is -2.22. The van der Waals surface area contributed by atoms with Crippen molar-refractivity contribution >= 4 is 32.0 Å². The van der Waals surface area contributed by atoms with E-state index >= 15 is 0 Å². The highest BCUT2D eigenvalue weighted by Crippen LogP contribution is 2.26. The molecule has 0 spiro atoms. The molecule has 0 radical (unpaired) electrons. The second kappa shape index (κ2) is 13.7. The molecule has 1 heterocycles. The largest absolute Gasteiger partial charge is 0.481 e. The number of aliphatic carboxylic acids is 1. The normalized spacial score (nSPS) is 11.8. The standard InChI is InChI=1S/C21H30N4O2.C6H7P/c1-15(16-7-4-8-17(13-16)21(2,3)20(26)27)14-23-10-6-12-24-18-9-5-11-25-19(18)22;7-6-4-2-1-3-5-6/h4-5,7-9,11,13,15,23-24H,6,10,12,14H2,1-3H3,(H2,22,25)(H,26,27);1-5H,7H2. The number of hydrogen-bond acceptors (Lipinski definition) is 5. The summed E-state index contributed by atoms with van der Waals surface area (Å²) in [6.07, 6.45) is 2.64. The van der Waals surface area contributed by atoms with Crippen molar-refractivity contribution < 1.29 is 9.90 Å². The summed E-state index contributed by atoms with van der Waals surface area (Å²) in [6, 6.07) is 21.8. The zero-order chi connectivity index (χ0) is 25.0. The van der Waals surface area contributed by atoms with E-state index < -0.39 is 11.4 Å². The van der Waals surface area contributed by atoms with Crippen LogP contribution in [0, 0.1) is 0 Å². The number of benzene rings is 2. The van der Waals surface area contributed by atoms with Gasteiger partial charge in [0.15, 0.2) is 0 Å². The fraction of sp³-hybridized carbons (Fsp3) is 0.333. The Hall–Kier alpha value is -2.95. The molecule has 1 aromatic heterocycles. The summed E-state index contributed by atoms with van der Waals surface area (Å²) in [7, 11) is 2.63. The summed E-state index contributed by atoms with van der Waals surface area (Å²) in [5.41, 5.74) is 7.76. The molecule has 6 nitrogen and oxygen atoms in total. The van der Waals surface area contributed by atoms with Gasteiger partial charge >= 0.3 is 5.97 Å². The lowest BCUT2D eigenvalue weighted by molar-refractivity contribution is -0.142. The Morgan fingerprint density at radius 2 is 1.82 bits per heavy atom. The van der Waals surface area contributed by atoms with Crippen molar-refractivity contribution in [3.05, 3.63) is 84.1 Å². The van der Waals surface area contributed by atoms with Crippen LogP contribution in [-0.2, 0) is 10.2 Å². The Balaban J connectivity index is 0.000000497. The maximum absolute atomic E-state index is 11.5. The second-order valence-electron chi connectivity index (χ2n) is 8.79. The molecule has 0 aliphatic heterocycles. The number of rotatable bonds is 10. The Morgan fingerprint density at radius 3 is 2.44 bits per heavy atom. The van der Waals surface area contributed by atoms with Crippen LogP contribution in [0.3, 0.4) is 0 Å². The van der Waals surface area contributed by atoms with Crippen molar-refractivity contribution in [3.8, 4) is 0 Å². The van der Waals surface area contributed by atoms with Gasteiger partial charge in [-0.05, 0) is 61.3 Å². The van der Waals surface area contributed by atoms with Crippen LogP contribution < -0.4 is 21.7 Å². The number of carboxylic acid groups (broad SMARTS) is 1. The molecule has 0 amide bonds. The number of aromatic nitrogens is 1. The number of carboxylic acids is 1. The van der Waals surface area contributed by atoms with Gasteiger partial charge in [-0.1, -0.05) is 61.5 Å². The van der Waals surface area contributed by atoms with Crippen molar-refractivity contribution in [2.75, 3.05) is 30.7 Å². The summed E-state index contributed by atoms with van der Waals surface area (Å²) in [4.78, 5) is 15.5. The van der Waals surface area contributed by atoms with Gasteiger partial charge in [0, 0.05) is 19.3 Å². The first-order chi connectivity index (χ1) is 16.2. The molecule has 0 aliphatic rings. The Morgan fingerprint density at radius 1 is 1.09 bits per heavy atom. The van der Waals surface area contributed by atoms with Crippen molar-refractivity contribution in [1.82, 2.24) is 10.3 Å². The van der Waals surface area contributed by atoms with Gasteiger partial charge < -0.3 is 21.5 Å². The molecule has 2 aromatic carbocycles. The predicted molar refractivity (Wildman–Crippen MR) is 146 cm³/mol. The summed E-state index contributed by atoms with van der Waals surface area (Å²) in [5.74, 6) is 0.00639. The first-order valence-corrected chi connectivity index (χ1v) is 12.1. The van der Waals surface area contributed by atoms with E-state index in [9.17, 15) is 9.90 Å². The molecule has 0 saturated carbocycles. The maximum Gasteiger partial charge on any atom is 0.313 e. The predicted octanol–water partition coefficient (Wildman–Crippen LogP) is 4.41. The zero-order valence-corrected chi connectivity index (χ0v) is 21.4. The first kappa shape index (κ1) is 27.3. The Labute approximate surface area is 205 Å². The SMILES string of the molecule is CC(CNCCCNc1cccnc1N)c1cccc(C(C)(C)C(=O)O)c1.Pc1ccccc1. The Bertz CT molecular complexity index is 1030. The minimum absolute atomic E-state index is 0.302. The molecule has 3 aromatic rings. The smallest absolute Gasteiger partial charge is 0.313 e. The van der Waals surface area contributed by atoms with Crippen LogP contribution in [0.4, 0.5) is 11.5 Å². The van der Waals surface area contributed by atoms with Crippen LogP contribution in [0.2, 0.25) is 0 Å². The van der Waals surface area contributed by atoms with Gasteiger partial charge in [0.25, 0.3) is 0 Å². The van der Waals surface area contributed by atoms with Crippen molar-refractivity contribution in [1.29, 1.82) is 0 Å². The quantitative estimate of drug-likeness (QED) is 0.253. The van der Waals surface area contributed by atoms with Crippen LogP contribution in [0.1, 0.15) is 44.2 Å². The van der Waals surface area contributed by atoms with Crippen molar-refractivity contribution in [2.24, 2.45) is 0 Å². The zero-order valence-electron chi connectivity index (χ0n) is 20.3. The molecule has 182 valence electrons. The molecule has 34 heavy (non-hydrogen) atoms. The number of nitrogens with zero attached hydrogens (tertiary/aromatic N) is 1. The van der Waals surface area contributed by atoms with Crippen molar-refractivity contribution in [3.63, 3.8) is 0 Å². The van der Waals surface area contributed by atoms with Crippen LogP contribution in [0.5, 0.6) is 0 Å². The number of pyridine rings is 1. The lowest BCUT2D eigenvalue weighted by atomic mass is 9.83. The van der Waals surface area contributed by atoms with Crippen LogP contribution in [0.15, 0.2) is 72.9 Å². The lowest BCUT2D eigenvalue weighted by Crippen LogP contribution is -2.29. The first-order valence-electron chi connectivity index (χ1n) is 11.5. The van der Waals surface area contributed by atoms with E-state index in [4.69, 9.17) is 5.73 Å². The van der Waals surface area contributed by atoms with Crippen LogP contribution >= 0.6 is 9.24 Å². The molecular formula is C27H37N4O2P. The fourth-order valence-electron chi connectivity index (χ4n) is 3.25. The molecule has 2 unspecified atom stereocenters. The minimum atomic E-state index is -0.886. The fourth-order valence-corrected chi connectivity index (χ4v) is 3.47. The van der Waals surface area contributed by atoms with E-state index in [2.05, 4.69) is 37.8 Å². The van der Waals surface area contributed by atoms with E-state index in [0.29, 0.717) is 11.7 Å². The number of carbonyl (C=O) groups is 1. The third-order valence-corrected chi connectivity index (χ3v) is 6.03. The highest BCUT2D eigenvalue weighted by molar-refractivity contribution is 7.27. The average Bonchev–Trinajstić information content (AvgIpc) is 2.83. The number of nitrogen functional groups attached to an aromatic ring is 1. The minimum Gasteiger partial charge on any atom is -0.481 e. The van der Waals surface area contributed by atoms with E-state index in [0.717, 1.165) is 42.9 Å². The number of nitrogens with two attached hydrogens (primary N) is 1. The molecule has 5 N–H and O–H groups in total. The van der Waals surface area contributed by atoms with E-state index in [-0.39, 0.29) is 0 Å². The average molecular weight is 481 g/mol. The summed E-state index contributed by atoms with van der Waals surface area (Å²) in [5, 5.41) is 17.4. The van der Waals surface area contributed by atoms with E-state index in [1.54, 1.807) is 20.0 Å². The second-order valence-corrected chi connectivity index (χ2v) is 9.45. The van der Waals surface area contributed by atoms with Gasteiger partial charge in [-0.15, -0.1) is 9.24 Å². The van der Waals surface area contributed by atoms with Crippen LogP contribution in [0.25, 0.3) is 0 Å². The van der Waals surface area contributed by atoms with Gasteiger partial charge in [0.05, 0.1) is 11.1 Å². The highest BCUT2D eigenvalue weighted by atomic mass is 31.0. The monoisotopic (exact) mass is 480 g/mol. The maximum atomic E-state index is 11.5. The van der Waals surface area contributed by atoms with Crippen LogP contribution in [-0.4, -0.2) is 35.7 Å². The van der Waals surface area contributed by atoms with E-state index in [1.807, 2.05) is 60.7 Å².